The van der Waals surface area contributed by atoms with Crippen molar-refractivity contribution in [3.8, 4) is 0 Å². The standard InChI is InChI=1S/C19H28N2O6S/c1-6-11-26-17(22)13-20(5)12-15-7-9-16(10-8-15)21(28(24)25)14-18(23)27-19(2,3)4/h6-10H,1,11-14H2,2-5H3,(H,24,25). The van der Waals surface area contributed by atoms with E-state index in [2.05, 4.69) is 6.58 Å². The minimum absolute atomic E-state index is 0.126. The van der Waals surface area contributed by atoms with Gasteiger partial charge < -0.3 is 9.47 Å². The molecule has 0 aliphatic rings. The number of hydrogen-bond donors (Lipinski definition) is 1. The van der Waals surface area contributed by atoms with Crippen molar-refractivity contribution < 1.29 is 27.8 Å². The van der Waals surface area contributed by atoms with Crippen LogP contribution in [0.1, 0.15) is 26.3 Å². The van der Waals surface area contributed by atoms with E-state index in [1.807, 2.05) is 0 Å². The molecule has 0 saturated heterocycles. The maximum atomic E-state index is 12.0. The first-order valence-corrected chi connectivity index (χ1v) is 9.72. The molecule has 156 valence electrons. The Morgan fingerprint density at radius 2 is 1.79 bits per heavy atom. The molecule has 0 aromatic heterocycles. The molecule has 0 saturated carbocycles. The van der Waals surface area contributed by atoms with E-state index in [-0.39, 0.29) is 25.7 Å². The zero-order valence-electron chi connectivity index (χ0n) is 16.7. The molecule has 0 amide bonds. The summed E-state index contributed by atoms with van der Waals surface area (Å²) in [4.78, 5) is 25.4. The quantitative estimate of drug-likeness (QED) is 0.357. The highest BCUT2D eigenvalue weighted by Crippen LogP contribution is 2.18. The molecule has 9 heteroatoms. The molecule has 1 aromatic carbocycles. The van der Waals surface area contributed by atoms with Crippen molar-refractivity contribution in [2.75, 3.05) is 31.0 Å². The van der Waals surface area contributed by atoms with Crippen molar-refractivity contribution in [3.05, 3.63) is 42.5 Å². The second-order valence-corrected chi connectivity index (χ2v) is 8.07. The van der Waals surface area contributed by atoms with Crippen molar-refractivity contribution >= 4 is 28.9 Å². The largest absolute Gasteiger partial charge is 0.461 e. The number of likely N-dealkylation sites (N-methyl/N-ethyl adjacent to an activating group) is 1. The predicted octanol–water partition coefficient (Wildman–Crippen LogP) is 2.13. The predicted molar refractivity (Wildman–Crippen MR) is 108 cm³/mol. The molecule has 0 aliphatic heterocycles. The van der Waals surface area contributed by atoms with Gasteiger partial charge in [0.25, 0.3) is 11.3 Å². The Morgan fingerprint density at radius 3 is 2.29 bits per heavy atom. The fraction of sp³-hybridized carbons (Fsp3) is 0.474. The molecule has 1 N–H and O–H groups in total. The smallest absolute Gasteiger partial charge is 0.327 e. The number of rotatable bonds is 10. The minimum Gasteiger partial charge on any atom is -0.461 e. The molecular formula is C19H28N2O6S. The van der Waals surface area contributed by atoms with Gasteiger partial charge >= 0.3 is 11.9 Å². The van der Waals surface area contributed by atoms with Crippen LogP contribution in [-0.2, 0) is 36.9 Å². The van der Waals surface area contributed by atoms with Gasteiger partial charge in [-0.05, 0) is 45.5 Å². The van der Waals surface area contributed by atoms with E-state index in [9.17, 15) is 18.4 Å². The molecule has 1 rings (SSSR count). The summed E-state index contributed by atoms with van der Waals surface area (Å²) in [5.41, 5.74) is 0.619. The zero-order valence-corrected chi connectivity index (χ0v) is 17.5. The highest BCUT2D eigenvalue weighted by molar-refractivity contribution is 7.80. The number of anilines is 1. The maximum Gasteiger partial charge on any atom is 0.327 e. The van der Waals surface area contributed by atoms with Crippen molar-refractivity contribution in [3.63, 3.8) is 0 Å². The molecule has 0 aliphatic carbocycles. The Labute approximate surface area is 168 Å². The Morgan fingerprint density at radius 1 is 1.18 bits per heavy atom. The van der Waals surface area contributed by atoms with Gasteiger partial charge in [0.05, 0.1) is 12.2 Å². The fourth-order valence-corrected chi connectivity index (χ4v) is 2.80. The van der Waals surface area contributed by atoms with Crippen LogP contribution in [0.3, 0.4) is 0 Å². The van der Waals surface area contributed by atoms with Gasteiger partial charge in [-0.15, -0.1) is 0 Å². The van der Waals surface area contributed by atoms with Crippen LogP contribution in [-0.4, -0.2) is 57.9 Å². The maximum absolute atomic E-state index is 12.0. The van der Waals surface area contributed by atoms with Crippen LogP contribution in [0.25, 0.3) is 0 Å². The van der Waals surface area contributed by atoms with E-state index in [1.54, 1.807) is 57.0 Å². The molecule has 8 nitrogen and oxygen atoms in total. The van der Waals surface area contributed by atoms with Crippen LogP contribution in [0.15, 0.2) is 36.9 Å². The minimum atomic E-state index is -2.38. The Hall–Kier alpha value is -2.23. The van der Waals surface area contributed by atoms with E-state index in [4.69, 9.17) is 9.47 Å². The van der Waals surface area contributed by atoms with E-state index < -0.39 is 22.8 Å². The van der Waals surface area contributed by atoms with Gasteiger partial charge in [0.15, 0.2) is 0 Å². The first-order valence-electron chi connectivity index (χ1n) is 8.66. The van der Waals surface area contributed by atoms with Crippen molar-refractivity contribution in [1.29, 1.82) is 0 Å². The van der Waals surface area contributed by atoms with E-state index in [0.29, 0.717) is 12.2 Å². The van der Waals surface area contributed by atoms with E-state index >= 15 is 0 Å². The summed E-state index contributed by atoms with van der Waals surface area (Å²) >= 11 is -2.38. The Bertz CT molecular complexity index is 699. The summed E-state index contributed by atoms with van der Waals surface area (Å²) in [6.07, 6.45) is 1.50. The normalized spacial score (nSPS) is 12.4. The van der Waals surface area contributed by atoms with Crippen LogP contribution in [0.4, 0.5) is 5.69 Å². The van der Waals surface area contributed by atoms with Gasteiger partial charge in [-0.1, -0.05) is 24.8 Å². The van der Waals surface area contributed by atoms with Crippen molar-refractivity contribution in [2.45, 2.75) is 32.9 Å². The van der Waals surface area contributed by atoms with Gasteiger partial charge in [0.2, 0.25) is 0 Å². The lowest BCUT2D eigenvalue weighted by atomic mass is 10.2. The second kappa shape index (κ2) is 10.9. The number of carbonyl (C=O) groups excluding carboxylic acids is 2. The monoisotopic (exact) mass is 412 g/mol. The fourth-order valence-electron chi connectivity index (χ4n) is 2.28. The van der Waals surface area contributed by atoms with E-state index in [1.165, 1.54) is 6.08 Å². The lowest BCUT2D eigenvalue weighted by Crippen LogP contribution is -2.36. The van der Waals surface area contributed by atoms with Crippen LogP contribution < -0.4 is 4.31 Å². The molecule has 1 atom stereocenters. The first kappa shape index (κ1) is 23.8. The summed E-state index contributed by atoms with van der Waals surface area (Å²) in [5, 5.41) is 0. The number of esters is 2. The highest BCUT2D eigenvalue weighted by atomic mass is 32.2. The molecule has 0 radical (unpaired) electrons. The first-order chi connectivity index (χ1) is 13.0. The van der Waals surface area contributed by atoms with Gasteiger partial charge in [-0.3, -0.25) is 23.3 Å². The van der Waals surface area contributed by atoms with Gasteiger partial charge in [-0.25, -0.2) is 4.21 Å². The second-order valence-electron chi connectivity index (χ2n) is 7.16. The Kier molecular flexibility index (Phi) is 9.30. The molecule has 1 aromatic rings. The average molecular weight is 413 g/mol. The van der Waals surface area contributed by atoms with E-state index in [0.717, 1.165) is 9.87 Å². The number of hydrogen-bond acceptors (Lipinski definition) is 6. The molecule has 28 heavy (non-hydrogen) atoms. The van der Waals surface area contributed by atoms with Crippen LogP contribution in [0.2, 0.25) is 0 Å². The van der Waals surface area contributed by atoms with Crippen molar-refractivity contribution in [2.24, 2.45) is 0 Å². The molecule has 0 fully saturated rings. The van der Waals surface area contributed by atoms with Crippen LogP contribution >= 0.6 is 0 Å². The zero-order chi connectivity index (χ0) is 21.3. The third kappa shape index (κ3) is 9.12. The van der Waals surface area contributed by atoms with Gasteiger partial charge in [0, 0.05) is 6.54 Å². The van der Waals surface area contributed by atoms with Crippen molar-refractivity contribution in [1.82, 2.24) is 4.90 Å². The SMILES string of the molecule is C=CCOC(=O)CN(C)Cc1ccc(N(CC(=O)OC(C)(C)C)S(=O)O)cc1. The lowest BCUT2D eigenvalue weighted by molar-refractivity contribution is -0.152. The van der Waals surface area contributed by atoms with Crippen LogP contribution in [0.5, 0.6) is 0 Å². The summed E-state index contributed by atoms with van der Waals surface area (Å²) in [5.74, 6) is -0.949. The van der Waals surface area contributed by atoms with Gasteiger partial charge in [0.1, 0.15) is 18.8 Å². The van der Waals surface area contributed by atoms with Crippen LogP contribution in [0, 0.1) is 0 Å². The summed E-state index contributed by atoms with van der Waals surface area (Å²) in [6.45, 7) is 9.09. The third-order valence-electron chi connectivity index (χ3n) is 3.32. The summed E-state index contributed by atoms with van der Waals surface area (Å²) in [7, 11) is 1.78. The molecule has 0 bridgehead atoms. The van der Waals surface area contributed by atoms with Gasteiger partial charge in [-0.2, -0.15) is 0 Å². The highest BCUT2D eigenvalue weighted by Gasteiger charge is 2.22. The summed E-state index contributed by atoms with van der Waals surface area (Å²) < 4.78 is 32.3. The molecule has 1 unspecified atom stereocenters. The molecule has 0 spiro atoms. The number of ether oxygens (including phenoxy) is 2. The summed E-state index contributed by atoms with van der Waals surface area (Å²) in [6, 6.07) is 6.79. The Balaban J connectivity index is 2.72. The molecule has 0 heterocycles. The third-order valence-corrected chi connectivity index (χ3v) is 4.04. The number of carbonyl (C=O) groups is 2. The number of benzene rings is 1. The molecular weight excluding hydrogens is 384 g/mol. The lowest BCUT2D eigenvalue weighted by Gasteiger charge is -2.24. The topological polar surface area (TPSA) is 96.4 Å². The number of nitrogens with zero attached hydrogens (tertiary/aromatic N) is 2. The average Bonchev–Trinajstić information content (AvgIpc) is 2.56.